The Morgan fingerprint density at radius 3 is 2.77 bits per heavy atom. The summed E-state index contributed by atoms with van der Waals surface area (Å²) in [7, 11) is 0. The van der Waals surface area contributed by atoms with Crippen molar-refractivity contribution in [2.45, 2.75) is 43.6 Å². The second-order valence-electron chi connectivity index (χ2n) is 7.97. The first-order chi connectivity index (χ1) is 14.2. The van der Waals surface area contributed by atoms with Gasteiger partial charge in [0.2, 0.25) is 0 Å². The monoisotopic (exact) mass is 425 g/mol. The minimum atomic E-state index is -0.511. The van der Waals surface area contributed by atoms with Gasteiger partial charge in [-0.3, -0.25) is 0 Å². The Hall–Kier alpha value is -2.85. The molecule has 3 rings (SSSR count). The molecule has 1 aliphatic heterocycles. The highest BCUT2D eigenvalue weighted by Gasteiger charge is 2.24. The molecule has 156 valence electrons. The van der Waals surface area contributed by atoms with Crippen LogP contribution in [0.5, 0.6) is 0 Å². The van der Waals surface area contributed by atoms with Crippen molar-refractivity contribution in [1.82, 2.24) is 9.88 Å². The van der Waals surface area contributed by atoms with Crippen molar-refractivity contribution < 1.29 is 13.9 Å². The van der Waals surface area contributed by atoms with Gasteiger partial charge in [0.25, 0.3) is 0 Å². The lowest BCUT2D eigenvalue weighted by molar-refractivity contribution is 0.0270. The normalized spacial score (nSPS) is 14.1. The summed E-state index contributed by atoms with van der Waals surface area (Å²) in [5.41, 5.74) is 2.29. The van der Waals surface area contributed by atoms with Crippen LogP contribution in [0.15, 0.2) is 47.5 Å². The summed E-state index contributed by atoms with van der Waals surface area (Å²) in [6, 6.07) is 12.2. The zero-order valence-corrected chi connectivity index (χ0v) is 18.1. The van der Waals surface area contributed by atoms with Crippen molar-refractivity contribution in [1.29, 1.82) is 5.26 Å². The molecule has 0 spiro atoms. The fourth-order valence-corrected chi connectivity index (χ4v) is 3.83. The zero-order valence-electron chi connectivity index (χ0n) is 17.3. The van der Waals surface area contributed by atoms with Crippen molar-refractivity contribution in [2.75, 3.05) is 13.1 Å². The molecule has 0 unspecified atom stereocenters. The molecule has 0 aliphatic carbocycles. The summed E-state index contributed by atoms with van der Waals surface area (Å²) in [5.74, 6) is 0.0503. The maximum absolute atomic E-state index is 14.1. The molecule has 5 nitrogen and oxygen atoms in total. The number of nitriles is 1. The van der Waals surface area contributed by atoms with Crippen molar-refractivity contribution >= 4 is 23.4 Å². The maximum atomic E-state index is 14.1. The topological polar surface area (TPSA) is 66.2 Å². The Bertz CT molecular complexity index is 1010. The minimum Gasteiger partial charge on any atom is -0.444 e. The van der Waals surface area contributed by atoms with Crippen LogP contribution in [0.1, 0.15) is 44.0 Å². The SMILES string of the molecule is CC(C)(C)OC(=O)N1CC=C(c2cccc(SCc3ccc(C#N)cc3F)n2)CC1. The number of nitrogens with zero attached hydrogens (tertiary/aromatic N) is 3. The van der Waals surface area contributed by atoms with E-state index < -0.39 is 5.60 Å². The summed E-state index contributed by atoms with van der Waals surface area (Å²) < 4.78 is 19.5. The van der Waals surface area contributed by atoms with Gasteiger partial charge in [-0.25, -0.2) is 14.2 Å². The number of hydrogen-bond donors (Lipinski definition) is 0. The molecule has 0 atom stereocenters. The highest BCUT2D eigenvalue weighted by Crippen LogP contribution is 2.27. The lowest BCUT2D eigenvalue weighted by Gasteiger charge is -2.29. The van der Waals surface area contributed by atoms with Crippen molar-refractivity contribution in [3.63, 3.8) is 0 Å². The average Bonchev–Trinajstić information content (AvgIpc) is 2.72. The van der Waals surface area contributed by atoms with Gasteiger partial charge in [0.1, 0.15) is 11.4 Å². The summed E-state index contributed by atoms with van der Waals surface area (Å²) in [5, 5.41) is 9.64. The summed E-state index contributed by atoms with van der Waals surface area (Å²) in [6.45, 7) is 6.63. The minimum absolute atomic E-state index is 0.306. The molecule has 0 saturated carbocycles. The Morgan fingerprint density at radius 1 is 1.33 bits per heavy atom. The molecule has 1 amide bonds. The van der Waals surface area contributed by atoms with Gasteiger partial charge in [-0.1, -0.05) is 18.2 Å². The smallest absolute Gasteiger partial charge is 0.410 e. The zero-order chi connectivity index (χ0) is 21.7. The lowest BCUT2D eigenvalue weighted by Crippen LogP contribution is -2.39. The number of pyridine rings is 1. The van der Waals surface area contributed by atoms with Gasteiger partial charge in [-0.05, 0) is 62.6 Å². The van der Waals surface area contributed by atoms with E-state index in [0.29, 0.717) is 36.4 Å². The summed E-state index contributed by atoms with van der Waals surface area (Å²) >= 11 is 1.45. The van der Waals surface area contributed by atoms with E-state index in [1.54, 1.807) is 17.0 Å². The fourth-order valence-electron chi connectivity index (χ4n) is 2.95. The molecule has 0 saturated heterocycles. The number of carbonyl (C=O) groups excluding carboxylic acids is 1. The third-order valence-corrected chi connectivity index (χ3v) is 5.45. The number of benzene rings is 1. The first kappa shape index (κ1) is 21.8. The number of hydrogen-bond acceptors (Lipinski definition) is 5. The van der Waals surface area contributed by atoms with Gasteiger partial charge in [0, 0.05) is 18.8 Å². The Morgan fingerprint density at radius 2 is 2.13 bits per heavy atom. The van der Waals surface area contributed by atoms with E-state index >= 15 is 0 Å². The number of thioether (sulfide) groups is 1. The number of halogens is 1. The first-order valence-corrected chi connectivity index (χ1v) is 10.7. The van der Waals surface area contributed by atoms with Crippen molar-refractivity contribution in [3.05, 3.63) is 65.1 Å². The number of ether oxygens (including phenoxy) is 1. The number of rotatable bonds is 4. The van der Waals surface area contributed by atoms with Gasteiger partial charge in [-0.2, -0.15) is 5.26 Å². The Labute approximate surface area is 180 Å². The molecular weight excluding hydrogens is 401 g/mol. The molecule has 0 N–H and O–H groups in total. The highest BCUT2D eigenvalue weighted by molar-refractivity contribution is 7.98. The van der Waals surface area contributed by atoms with E-state index in [2.05, 4.69) is 4.98 Å². The molecule has 0 bridgehead atoms. The largest absolute Gasteiger partial charge is 0.444 e. The number of carbonyl (C=O) groups is 1. The predicted octanol–water partition coefficient (Wildman–Crippen LogP) is 5.41. The van der Waals surface area contributed by atoms with Crippen LogP contribution in [-0.4, -0.2) is 34.7 Å². The predicted molar refractivity (Wildman–Crippen MR) is 115 cm³/mol. The van der Waals surface area contributed by atoms with Crippen LogP contribution < -0.4 is 0 Å². The van der Waals surface area contributed by atoms with Crippen LogP contribution in [0.2, 0.25) is 0 Å². The van der Waals surface area contributed by atoms with Gasteiger partial charge in [0.15, 0.2) is 0 Å². The van der Waals surface area contributed by atoms with Gasteiger partial charge < -0.3 is 9.64 Å². The van der Waals surface area contributed by atoms with Crippen LogP contribution in [0.3, 0.4) is 0 Å². The van der Waals surface area contributed by atoms with Crippen molar-refractivity contribution in [3.8, 4) is 6.07 Å². The molecule has 1 aromatic heterocycles. The van der Waals surface area contributed by atoms with Gasteiger partial charge >= 0.3 is 6.09 Å². The van der Waals surface area contributed by atoms with E-state index in [-0.39, 0.29) is 11.9 Å². The molecule has 7 heteroatoms. The second-order valence-corrected chi connectivity index (χ2v) is 8.97. The average molecular weight is 426 g/mol. The summed E-state index contributed by atoms with van der Waals surface area (Å²) in [6.07, 6.45) is 2.40. The quantitative estimate of drug-likeness (QED) is 0.613. The van der Waals surface area contributed by atoms with Crippen LogP contribution in [0.25, 0.3) is 5.57 Å². The van der Waals surface area contributed by atoms with Gasteiger partial charge in [-0.15, -0.1) is 11.8 Å². The molecule has 1 aromatic carbocycles. The van der Waals surface area contributed by atoms with Crippen LogP contribution in [0, 0.1) is 17.1 Å². The number of amides is 1. The summed E-state index contributed by atoms with van der Waals surface area (Å²) in [4.78, 5) is 18.6. The third kappa shape index (κ3) is 5.83. The van der Waals surface area contributed by atoms with E-state index in [1.807, 2.05) is 51.1 Å². The molecule has 2 aromatic rings. The third-order valence-electron chi connectivity index (χ3n) is 4.47. The molecule has 0 radical (unpaired) electrons. The molecule has 0 fully saturated rings. The molecule has 1 aliphatic rings. The highest BCUT2D eigenvalue weighted by atomic mass is 32.2. The Balaban J connectivity index is 1.63. The molecule has 30 heavy (non-hydrogen) atoms. The van der Waals surface area contributed by atoms with Gasteiger partial charge in [0.05, 0.1) is 22.4 Å². The van der Waals surface area contributed by atoms with E-state index in [1.165, 1.54) is 17.8 Å². The first-order valence-electron chi connectivity index (χ1n) is 9.71. The second kappa shape index (κ2) is 9.31. The van der Waals surface area contributed by atoms with Crippen LogP contribution in [0.4, 0.5) is 9.18 Å². The van der Waals surface area contributed by atoms with Crippen LogP contribution in [-0.2, 0) is 10.5 Å². The van der Waals surface area contributed by atoms with E-state index in [4.69, 9.17) is 10.00 Å². The van der Waals surface area contributed by atoms with Crippen molar-refractivity contribution in [2.24, 2.45) is 0 Å². The van der Waals surface area contributed by atoms with E-state index in [9.17, 15) is 9.18 Å². The standard InChI is InChI=1S/C23H24FN3O2S/c1-23(2,3)29-22(28)27-11-9-17(10-12-27)20-5-4-6-21(26-20)30-15-18-8-7-16(14-25)13-19(18)24/h4-9,13H,10-12,15H2,1-3H3. The van der Waals surface area contributed by atoms with E-state index in [0.717, 1.165) is 16.3 Å². The fraction of sp³-hybridized carbons (Fsp3) is 0.348. The lowest BCUT2D eigenvalue weighted by atomic mass is 10.0. The Kier molecular flexibility index (Phi) is 6.78. The molecular formula is C23H24FN3O2S. The molecule has 2 heterocycles. The number of aromatic nitrogens is 1. The van der Waals surface area contributed by atoms with Crippen LogP contribution >= 0.6 is 11.8 Å². The maximum Gasteiger partial charge on any atom is 0.410 e.